The van der Waals surface area contributed by atoms with Gasteiger partial charge in [-0.1, -0.05) is 0 Å². The molecule has 4 rings (SSSR count). The van der Waals surface area contributed by atoms with Crippen LogP contribution < -0.4 is 21.2 Å². The smallest absolute Gasteiger partial charge is 0.496 e. The normalized spacial score (nSPS) is 18.4. The van der Waals surface area contributed by atoms with Gasteiger partial charge in [0, 0.05) is 51.4 Å². The number of nitrogens with one attached hydrogen (secondary N) is 1. The summed E-state index contributed by atoms with van der Waals surface area (Å²) in [4.78, 5) is 23.2. The van der Waals surface area contributed by atoms with E-state index in [9.17, 15) is 4.79 Å². The van der Waals surface area contributed by atoms with E-state index in [2.05, 4.69) is 25.4 Å². The van der Waals surface area contributed by atoms with Crippen LogP contribution in [0.1, 0.15) is 41.5 Å². The van der Waals surface area contributed by atoms with Crippen molar-refractivity contribution in [2.75, 3.05) is 36.4 Å². The molecule has 2 aliphatic heterocycles. The van der Waals surface area contributed by atoms with Gasteiger partial charge in [-0.3, -0.25) is 10.1 Å². The summed E-state index contributed by atoms with van der Waals surface area (Å²) in [5, 5.41) is 15.2. The van der Waals surface area contributed by atoms with Crippen LogP contribution in [-0.4, -0.2) is 65.4 Å². The molecule has 2 saturated heterocycles. The summed E-state index contributed by atoms with van der Waals surface area (Å²) in [6, 6.07) is 5.69. The number of aromatic nitrogens is 2. The third kappa shape index (κ3) is 7.60. The van der Waals surface area contributed by atoms with Gasteiger partial charge >= 0.3 is 7.12 Å². The minimum atomic E-state index is -0.540. The molecule has 2 fully saturated rings. The molecule has 0 aliphatic carbocycles. The fourth-order valence-electron chi connectivity index (χ4n) is 3.59. The molecule has 0 atom stereocenters. The zero-order valence-electron chi connectivity index (χ0n) is 22.3. The summed E-state index contributed by atoms with van der Waals surface area (Å²) in [7, 11) is 1.18. The summed E-state index contributed by atoms with van der Waals surface area (Å²) in [5.41, 5.74) is 1.25. The standard InChI is InChI=1S/C21H29BN5O3.C3H8O2.Y/c1-20(2)21(3,4)30-22(29-20)15-12-17(19(28)26(5)14-15)25-18-7-6-16(13-24-18)27-10-8-23-9-11-27;1-3(2)5-4;/h6-7,12-14H,8-11H2,1-5H3,(H,24,25);3-4H,1-2H3;/q-1;;. The Hall–Kier alpha value is -1.33. The number of hydrogen-bond acceptors (Lipinski definition) is 8. The summed E-state index contributed by atoms with van der Waals surface area (Å²) in [5.74, 6) is 0.614. The van der Waals surface area contributed by atoms with Crippen molar-refractivity contribution in [1.29, 1.82) is 0 Å². The van der Waals surface area contributed by atoms with Crippen molar-refractivity contribution in [1.82, 2.24) is 9.55 Å². The zero-order valence-corrected chi connectivity index (χ0v) is 25.2. The van der Waals surface area contributed by atoms with Crippen molar-refractivity contribution in [3.63, 3.8) is 0 Å². The topological polar surface area (TPSA) is 112 Å². The van der Waals surface area contributed by atoms with E-state index in [-0.39, 0.29) is 44.4 Å². The van der Waals surface area contributed by atoms with Crippen molar-refractivity contribution in [2.24, 2.45) is 7.05 Å². The van der Waals surface area contributed by atoms with Crippen molar-refractivity contribution < 1.29 is 52.2 Å². The molecule has 0 aromatic carbocycles. The Morgan fingerprint density at radius 3 is 2.25 bits per heavy atom. The number of nitrogens with zero attached hydrogens (tertiary/aromatic N) is 4. The van der Waals surface area contributed by atoms with E-state index in [0.717, 1.165) is 37.3 Å². The van der Waals surface area contributed by atoms with Crippen LogP contribution in [0.5, 0.6) is 0 Å². The first kappa shape index (κ1) is 30.9. The third-order valence-corrected chi connectivity index (χ3v) is 6.37. The molecule has 12 heteroatoms. The largest absolute Gasteiger partial charge is 0.659 e. The number of hydrogen-bond donors (Lipinski definition) is 2. The van der Waals surface area contributed by atoms with Crippen LogP contribution in [0.25, 0.3) is 5.32 Å². The van der Waals surface area contributed by atoms with Gasteiger partial charge in [-0.2, -0.15) is 0 Å². The van der Waals surface area contributed by atoms with Crippen molar-refractivity contribution in [2.45, 2.75) is 58.8 Å². The van der Waals surface area contributed by atoms with Crippen molar-refractivity contribution in [3.05, 3.63) is 46.3 Å². The predicted molar refractivity (Wildman–Crippen MR) is 139 cm³/mol. The van der Waals surface area contributed by atoms with Gasteiger partial charge in [0.15, 0.2) is 0 Å². The third-order valence-electron chi connectivity index (χ3n) is 6.37. The summed E-state index contributed by atoms with van der Waals surface area (Å²) >= 11 is 0. The van der Waals surface area contributed by atoms with E-state index < -0.39 is 18.3 Å². The van der Waals surface area contributed by atoms with E-state index >= 15 is 0 Å². The quantitative estimate of drug-likeness (QED) is 0.318. The van der Waals surface area contributed by atoms with Crippen molar-refractivity contribution >= 4 is 29.8 Å². The maximum absolute atomic E-state index is 12.7. The Labute approximate surface area is 239 Å². The molecule has 2 aromatic heterocycles. The first-order chi connectivity index (χ1) is 16.4. The molecule has 36 heavy (non-hydrogen) atoms. The molecule has 4 heterocycles. The Kier molecular flexibility index (Phi) is 11.1. The first-order valence-corrected chi connectivity index (χ1v) is 11.9. The van der Waals surface area contributed by atoms with Crippen LogP contribution in [-0.2, 0) is 54.0 Å². The number of pyridine rings is 2. The van der Waals surface area contributed by atoms with Gasteiger partial charge in [0.1, 0.15) is 11.5 Å². The first-order valence-electron chi connectivity index (χ1n) is 11.9. The van der Waals surface area contributed by atoms with Gasteiger partial charge in [-0.25, -0.2) is 9.87 Å². The van der Waals surface area contributed by atoms with Gasteiger partial charge in [0.2, 0.25) is 0 Å². The number of aryl methyl sites for hydroxylation is 1. The Balaban J connectivity index is 0.000000694. The van der Waals surface area contributed by atoms with Gasteiger partial charge < -0.3 is 29.4 Å². The summed E-state index contributed by atoms with van der Waals surface area (Å²) < 4.78 is 13.8. The predicted octanol–water partition coefficient (Wildman–Crippen LogP) is 2.90. The molecule has 0 saturated carbocycles. The van der Waals surface area contributed by atoms with E-state index in [1.165, 1.54) is 4.57 Å². The second-order valence-electron chi connectivity index (χ2n) is 10.0. The molecule has 2 N–H and O–H groups in total. The Morgan fingerprint density at radius 2 is 1.75 bits per heavy atom. The second kappa shape index (κ2) is 13.0. The molecule has 10 nitrogen and oxygen atoms in total. The van der Waals surface area contributed by atoms with Gasteiger partial charge in [0.05, 0.1) is 29.2 Å². The average molecular weight is 575 g/mol. The fraction of sp³-hybridized carbons (Fsp3) is 0.583. The number of piperazine rings is 1. The summed E-state index contributed by atoms with van der Waals surface area (Å²) in [6.07, 6.45) is 3.53. The van der Waals surface area contributed by atoms with Crippen molar-refractivity contribution in [3.8, 4) is 0 Å². The molecular formula is C24H37BN5O5Y-. The molecule has 195 valence electrons. The minimum absolute atomic E-state index is 0. The molecule has 2 aromatic rings. The van der Waals surface area contributed by atoms with Crippen LogP contribution >= 0.6 is 0 Å². The minimum Gasteiger partial charge on any atom is -0.659 e. The molecule has 2 aliphatic rings. The molecule has 0 unspecified atom stereocenters. The molecule has 0 bridgehead atoms. The van der Waals surface area contributed by atoms with Gasteiger partial charge in [-0.15, -0.1) is 13.1 Å². The van der Waals surface area contributed by atoms with Crippen LogP contribution in [0.3, 0.4) is 0 Å². The van der Waals surface area contributed by atoms with Gasteiger partial charge in [0.25, 0.3) is 5.56 Å². The Bertz CT molecular complexity index is 1030. The zero-order chi connectivity index (χ0) is 25.8. The van der Waals surface area contributed by atoms with E-state index in [0.29, 0.717) is 11.5 Å². The Morgan fingerprint density at radius 1 is 1.17 bits per heavy atom. The number of rotatable bonds is 5. The number of anilines is 3. The van der Waals surface area contributed by atoms with Crippen LogP contribution in [0.4, 0.5) is 17.2 Å². The maximum atomic E-state index is 12.7. The second-order valence-corrected chi connectivity index (χ2v) is 10.0. The fourth-order valence-corrected chi connectivity index (χ4v) is 3.59. The van der Waals surface area contributed by atoms with E-state index in [1.807, 2.05) is 46.0 Å². The van der Waals surface area contributed by atoms with Crippen LogP contribution in [0.2, 0.25) is 0 Å². The molecular weight excluding hydrogens is 538 g/mol. The van der Waals surface area contributed by atoms with E-state index in [4.69, 9.17) is 14.6 Å². The molecule has 1 radical (unpaired) electrons. The molecule has 0 amide bonds. The van der Waals surface area contributed by atoms with Gasteiger partial charge in [-0.05, 0) is 72.8 Å². The SMILES string of the molecule is CC(C)OO.Cn1cc(B2OC(C)(C)C(C)(C)O2)cc(Nc2ccc(N3CC[N-]CC3)cn2)c1=O.[Y]. The van der Waals surface area contributed by atoms with E-state index in [1.54, 1.807) is 33.2 Å². The average Bonchev–Trinajstić information content (AvgIpc) is 3.05. The van der Waals surface area contributed by atoms with Crippen LogP contribution in [0.15, 0.2) is 35.4 Å². The molecule has 0 spiro atoms. The maximum Gasteiger partial charge on any atom is 0.496 e. The van der Waals surface area contributed by atoms with Crippen LogP contribution in [0, 0.1) is 0 Å². The summed E-state index contributed by atoms with van der Waals surface area (Å²) in [6.45, 7) is 15.1. The monoisotopic (exact) mass is 575 g/mol.